The van der Waals surface area contributed by atoms with Crippen molar-refractivity contribution in [3.05, 3.63) is 95.1 Å². The lowest BCUT2D eigenvalue weighted by atomic mass is 10.0. The van der Waals surface area contributed by atoms with Gasteiger partial charge in [0.25, 0.3) is 0 Å². The molecule has 2 amide bonds. The number of rotatable bonds is 12. The highest BCUT2D eigenvalue weighted by atomic mass is 32.2. The van der Waals surface area contributed by atoms with Gasteiger partial charge in [-0.25, -0.2) is 8.42 Å². The second-order valence-electron chi connectivity index (χ2n) is 10.4. The van der Waals surface area contributed by atoms with Gasteiger partial charge in [0, 0.05) is 19.0 Å². The second kappa shape index (κ2) is 13.5. The molecule has 9 heteroatoms. The molecule has 0 aliphatic carbocycles. The fourth-order valence-electron chi connectivity index (χ4n) is 4.61. The summed E-state index contributed by atoms with van der Waals surface area (Å²) in [7, 11) is -2.26. The van der Waals surface area contributed by atoms with Crippen molar-refractivity contribution in [2.75, 3.05) is 24.2 Å². The monoisotopic (exact) mass is 565 g/mol. The minimum Gasteiger partial charge on any atom is -0.497 e. The summed E-state index contributed by atoms with van der Waals surface area (Å²) in [5.41, 5.74) is 3.79. The van der Waals surface area contributed by atoms with Crippen LogP contribution in [0.4, 0.5) is 5.69 Å². The van der Waals surface area contributed by atoms with Crippen LogP contribution in [0.2, 0.25) is 0 Å². The molecule has 214 valence electrons. The van der Waals surface area contributed by atoms with Crippen LogP contribution in [0.1, 0.15) is 36.1 Å². The SMILES string of the molecule is COc1cccc(CN(C(=O)CN(c2cc(C)cc(C)c2)S(C)(=O)=O)[C@H](Cc2ccccc2)C(=O)NC(C)C)c1. The van der Waals surface area contributed by atoms with Crippen molar-refractivity contribution in [3.63, 3.8) is 0 Å². The summed E-state index contributed by atoms with van der Waals surface area (Å²) in [5.74, 6) is -0.191. The number of methoxy groups -OCH3 is 1. The molecule has 1 N–H and O–H groups in total. The van der Waals surface area contributed by atoms with Crippen LogP contribution in [-0.4, -0.2) is 57.1 Å². The molecular weight excluding hydrogens is 526 g/mol. The standard InChI is InChI=1S/C31H39N3O5S/c1-22(2)32-31(36)29(19-25-11-8-7-9-12-25)33(20-26-13-10-14-28(18-26)39-5)30(35)21-34(40(6,37)38)27-16-23(3)15-24(4)17-27/h7-18,22,29H,19-21H2,1-6H3,(H,32,36)/t29-/m1/s1. The number of hydrogen-bond acceptors (Lipinski definition) is 5. The van der Waals surface area contributed by atoms with Crippen LogP contribution in [0.15, 0.2) is 72.8 Å². The number of amides is 2. The van der Waals surface area contributed by atoms with Crippen LogP contribution in [-0.2, 0) is 32.6 Å². The number of aryl methyl sites for hydroxylation is 2. The molecule has 0 unspecified atom stereocenters. The molecule has 0 fully saturated rings. The number of nitrogens with zero attached hydrogens (tertiary/aromatic N) is 2. The fourth-order valence-corrected chi connectivity index (χ4v) is 5.44. The van der Waals surface area contributed by atoms with E-state index < -0.39 is 28.5 Å². The third-order valence-electron chi connectivity index (χ3n) is 6.36. The Bertz CT molecular complexity index is 1400. The maximum absolute atomic E-state index is 14.1. The predicted octanol–water partition coefficient (Wildman–Crippen LogP) is 4.24. The van der Waals surface area contributed by atoms with E-state index in [0.717, 1.165) is 32.8 Å². The van der Waals surface area contributed by atoms with Gasteiger partial charge < -0.3 is 15.0 Å². The van der Waals surface area contributed by atoms with Crippen molar-refractivity contribution < 1.29 is 22.7 Å². The van der Waals surface area contributed by atoms with Crippen LogP contribution >= 0.6 is 0 Å². The summed E-state index contributed by atoms with van der Waals surface area (Å²) < 4.78 is 32.4. The second-order valence-corrected chi connectivity index (χ2v) is 12.3. The molecule has 3 rings (SSSR count). The summed E-state index contributed by atoms with van der Waals surface area (Å²) in [6.45, 7) is 7.10. The average Bonchev–Trinajstić information content (AvgIpc) is 2.88. The van der Waals surface area contributed by atoms with E-state index in [4.69, 9.17) is 4.74 Å². The Morgan fingerprint density at radius 3 is 2.10 bits per heavy atom. The van der Waals surface area contributed by atoms with Gasteiger partial charge in [-0.15, -0.1) is 0 Å². The molecule has 8 nitrogen and oxygen atoms in total. The number of hydrogen-bond donors (Lipinski definition) is 1. The van der Waals surface area contributed by atoms with Crippen molar-refractivity contribution in [2.24, 2.45) is 0 Å². The Balaban J connectivity index is 2.09. The number of carbonyl (C=O) groups excluding carboxylic acids is 2. The first-order valence-electron chi connectivity index (χ1n) is 13.2. The lowest BCUT2D eigenvalue weighted by Gasteiger charge is -2.34. The maximum atomic E-state index is 14.1. The molecule has 0 saturated carbocycles. The summed E-state index contributed by atoms with van der Waals surface area (Å²) in [6.07, 6.45) is 1.34. The fraction of sp³-hybridized carbons (Fsp3) is 0.355. The van der Waals surface area contributed by atoms with E-state index in [1.807, 2.05) is 76.2 Å². The lowest BCUT2D eigenvalue weighted by Crippen LogP contribution is -2.54. The highest BCUT2D eigenvalue weighted by Crippen LogP contribution is 2.23. The highest BCUT2D eigenvalue weighted by Gasteiger charge is 2.33. The third kappa shape index (κ3) is 8.58. The van der Waals surface area contributed by atoms with Crippen molar-refractivity contribution in [3.8, 4) is 5.75 Å². The largest absolute Gasteiger partial charge is 0.497 e. The van der Waals surface area contributed by atoms with Crippen molar-refractivity contribution >= 4 is 27.5 Å². The van der Waals surface area contributed by atoms with Crippen molar-refractivity contribution in [1.29, 1.82) is 0 Å². The van der Waals surface area contributed by atoms with Crippen LogP contribution < -0.4 is 14.4 Å². The van der Waals surface area contributed by atoms with Gasteiger partial charge in [0.2, 0.25) is 21.8 Å². The zero-order chi connectivity index (χ0) is 29.4. The Kier molecular flexibility index (Phi) is 10.3. The van der Waals surface area contributed by atoms with Gasteiger partial charge in [-0.05, 0) is 74.2 Å². The van der Waals surface area contributed by atoms with E-state index in [-0.39, 0.29) is 24.9 Å². The molecule has 40 heavy (non-hydrogen) atoms. The Morgan fingerprint density at radius 1 is 0.900 bits per heavy atom. The molecule has 1 atom stereocenters. The normalized spacial score (nSPS) is 12.1. The van der Waals surface area contributed by atoms with Crippen LogP contribution in [0.3, 0.4) is 0 Å². The van der Waals surface area contributed by atoms with Gasteiger partial charge >= 0.3 is 0 Å². The summed E-state index contributed by atoms with van der Waals surface area (Å²) >= 11 is 0. The molecule has 0 saturated heterocycles. The molecule has 3 aromatic rings. The number of ether oxygens (including phenoxy) is 1. The van der Waals surface area contributed by atoms with E-state index in [9.17, 15) is 18.0 Å². The van der Waals surface area contributed by atoms with E-state index in [0.29, 0.717) is 11.4 Å². The zero-order valence-corrected chi connectivity index (χ0v) is 24.9. The predicted molar refractivity (Wildman–Crippen MR) is 159 cm³/mol. The molecule has 0 heterocycles. The number of nitrogens with one attached hydrogen (secondary N) is 1. The maximum Gasteiger partial charge on any atom is 0.244 e. The van der Waals surface area contributed by atoms with Gasteiger partial charge in [-0.2, -0.15) is 0 Å². The van der Waals surface area contributed by atoms with Crippen LogP contribution in [0.5, 0.6) is 5.75 Å². The minimum atomic E-state index is -3.82. The van der Waals surface area contributed by atoms with E-state index in [1.54, 1.807) is 31.4 Å². The van der Waals surface area contributed by atoms with E-state index >= 15 is 0 Å². The van der Waals surface area contributed by atoms with Gasteiger partial charge in [0.15, 0.2) is 0 Å². The van der Waals surface area contributed by atoms with Crippen LogP contribution in [0, 0.1) is 13.8 Å². The zero-order valence-electron chi connectivity index (χ0n) is 24.0. The molecular formula is C31H39N3O5S. The van der Waals surface area contributed by atoms with Gasteiger partial charge in [0.1, 0.15) is 18.3 Å². The third-order valence-corrected chi connectivity index (χ3v) is 7.50. The van der Waals surface area contributed by atoms with E-state index in [1.165, 1.54) is 4.90 Å². The molecule has 3 aromatic carbocycles. The first-order chi connectivity index (χ1) is 18.9. The summed E-state index contributed by atoms with van der Waals surface area (Å²) in [6, 6.07) is 21.1. The van der Waals surface area contributed by atoms with Gasteiger partial charge in [-0.3, -0.25) is 13.9 Å². The molecule has 0 aliphatic heterocycles. The Morgan fingerprint density at radius 2 is 1.52 bits per heavy atom. The first-order valence-corrected chi connectivity index (χ1v) is 15.0. The molecule has 0 bridgehead atoms. The smallest absolute Gasteiger partial charge is 0.244 e. The number of anilines is 1. The van der Waals surface area contributed by atoms with Crippen LogP contribution in [0.25, 0.3) is 0 Å². The number of sulfonamides is 1. The number of carbonyl (C=O) groups is 2. The molecule has 0 radical (unpaired) electrons. The Labute approximate surface area is 238 Å². The molecule has 0 spiro atoms. The summed E-state index contributed by atoms with van der Waals surface area (Å²) in [4.78, 5) is 29.2. The lowest BCUT2D eigenvalue weighted by molar-refractivity contribution is -0.140. The molecule has 0 aliphatic rings. The van der Waals surface area contributed by atoms with Gasteiger partial charge in [0.05, 0.1) is 19.1 Å². The average molecular weight is 566 g/mol. The number of benzene rings is 3. The summed E-state index contributed by atoms with van der Waals surface area (Å²) in [5, 5.41) is 2.95. The first kappa shape index (κ1) is 30.7. The topological polar surface area (TPSA) is 96.0 Å². The van der Waals surface area contributed by atoms with Crippen molar-refractivity contribution in [1.82, 2.24) is 10.2 Å². The minimum absolute atomic E-state index is 0.0868. The van der Waals surface area contributed by atoms with Gasteiger partial charge in [-0.1, -0.05) is 48.5 Å². The molecule has 0 aromatic heterocycles. The quantitative estimate of drug-likeness (QED) is 0.354. The van der Waals surface area contributed by atoms with Crippen molar-refractivity contribution in [2.45, 2.75) is 52.7 Å². The Hall–Kier alpha value is -3.85. The highest BCUT2D eigenvalue weighted by molar-refractivity contribution is 7.92. The van der Waals surface area contributed by atoms with E-state index in [2.05, 4.69) is 5.32 Å².